The lowest BCUT2D eigenvalue weighted by atomic mass is 9.65. The highest BCUT2D eigenvalue weighted by molar-refractivity contribution is 6.17. The Morgan fingerprint density at radius 2 is 1.34 bits per heavy atom. The number of nitrogens with one attached hydrogen (secondary N) is 1. The third-order valence-electron chi connectivity index (χ3n) is 13.6. The first-order valence-corrected chi connectivity index (χ1v) is 22.0. The molecule has 3 heterocycles. The van der Waals surface area contributed by atoms with Crippen molar-refractivity contribution in [3.05, 3.63) is 250 Å². The minimum absolute atomic E-state index is 0.395. The monoisotopic (exact) mass is 821 g/mol. The van der Waals surface area contributed by atoms with E-state index in [9.17, 15) is 5.41 Å². The molecule has 0 amide bonds. The van der Waals surface area contributed by atoms with E-state index in [2.05, 4.69) is 163 Å². The number of benzene rings is 8. The van der Waals surface area contributed by atoms with Crippen LogP contribution in [0.5, 0.6) is 0 Å². The molecule has 3 aliphatic rings. The summed E-state index contributed by atoms with van der Waals surface area (Å²) in [5.74, 6) is 0.952. The zero-order valence-corrected chi connectivity index (χ0v) is 35.5. The van der Waals surface area contributed by atoms with E-state index in [0.29, 0.717) is 11.4 Å². The average Bonchev–Trinajstić information content (AvgIpc) is 4.00. The van der Waals surface area contributed by atoms with Crippen LogP contribution in [0.15, 0.2) is 204 Å². The number of hydrogen-bond acceptors (Lipinski definition) is 3. The average molecular weight is 822 g/mol. The number of para-hydroxylation sites is 4. The lowest BCUT2D eigenvalue weighted by Crippen LogP contribution is -2.33. The minimum Gasteiger partial charge on any atom is -0.456 e. The first kappa shape index (κ1) is 37.7. The molecule has 8 aromatic carbocycles. The molecule has 0 fully saturated rings. The molecule has 10 aromatic rings. The maximum atomic E-state index is 9.77. The smallest absolute Gasteiger partial charge is 0.135 e. The Kier molecular flexibility index (Phi) is 8.70. The summed E-state index contributed by atoms with van der Waals surface area (Å²) in [4.78, 5) is 4.41. The molecule has 0 saturated carbocycles. The number of aliphatic imine (C=N–C) groups is 1. The number of nitrogens with zero attached hydrogens (tertiary/aromatic N) is 2. The van der Waals surface area contributed by atoms with E-state index in [1.165, 1.54) is 77.4 Å². The Bertz CT molecular complexity index is 3600. The fourth-order valence-electron chi connectivity index (χ4n) is 10.9. The molecule has 1 unspecified atom stereocenters. The Morgan fingerprint density at radius 3 is 2.16 bits per heavy atom. The zero-order chi connectivity index (χ0) is 42.9. The van der Waals surface area contributed by atoms with Gasteiger partial charge in [0, 0.05) is 32.8 Å². The van der Waals surface area contributed by atoms with Gasteiger partial charge in [0.25, 0.3) is 0 Å². The van der Waals surface area contributed by atoms with E-state index >= 15 is 0 Å². The van der Waals surface area contributed by atoms with Crippen LogP contribution in [-0.2, 0) is 11.8 Å². The maximum Gasteiger partial charge on any atom is 0.135 e. The van der Waals surface area contributed by atoms with Gasteiger partial charge < -0.3 is 14.4 Å². The van der Waals surface area contributed by atoms with Gasteiger partial charge in [-0.25, -0.2) is 0 Å². The van der Waals surface area contributed by atoms with Gasteiger partial charge in [0.1, 0.15) is 11.3 Å². The minimum atomic E-state index is -0.629. The molecular formula is C60H43N3O. The highest BCUT2D eigenvalue weighted by atomic mass is 16.3. The molecule has 4 nitrogen and oxygen atoms in total. The summed E-state index contributed by atoms with van der Waals surface area (Å²) in [6, 6.07) is 66.8. The van der Waals surface area contributed by atoms with E-state index in [-0.39, 0.29) is 0 Å². The molecule has 304 valence electrons. The largest absolute Gasteiger partial charge is 0.456 e. The summed E-state index contributed by atoms with van der Waals surface area (Å²) in [6.07, 6.45) is 5.96. The lowest BCUT2D eigenvalue weighted by molar-refractivity contribution is 0.596. The van der Waals surface area contributed by atoms with Crippen LogP contribution in [0.3, 0.4) is 0 Å². The number of hydrogen-bond donors (Lipinski definition) is 1. The third kappa shape index (κ3) is 5.55. The van der Waals surface area contributed by atoms with Gasteiger partial charge in [0.05, 0.1) is 33.5 Å². The second kappa shape index (κ2) is 14.8. The van der Waals surface area contributed by atoms with Crippen LogP contribution in [0.25, 0.3) is 66.9 Å². The molecule has 64 heavy (non-hydrogen) atoms. The first-order valence-electron chi connectivity index (χ1n) is 22.0. The van der Waals surface area contributed by atoms with Crippen molar-refractivity contribution in [1.29, 1.82) is 5.41 Å². The molecule has 1 spiro atoms. The van der Waals surface area contributed by atoms with Crippen molar-refractivity contribution >= 4 is 62.6 Å². The van der Waals surface area contributed by atoms with Crippen molar-refractivity contribution in [3.8, 4) is 16.8 Å². The third-order valence-corrected chi connectivity index (χ3v) is 13.6. The molecule has 0 saturated heterocycles. The summed E-state index contributed by atoms with van der Waals surface area (Å²) in [5, 5.41) is 13.5. The van der Waals surface area contributed by atoms with Crippen molar-refractivity contribution < 1.29 is 4.42 Å². The molecule has 0 bridgehead atoms. The predicted octanol–water partition coefficient (Wildman–Crippen LogP) is 14.8. The SMILES string of the molecule is C=N/C(=C\C(=N)c1cccc2c1-c1cc(C3=Cc4oc5ccccc5c4CC3)ccc1C21c2ccccc2-n2c3ccccc3c3cccc1c32)c1ccccc1.Cc1ccccc1. The predicted molar refractivity (Wildman–Crippen MR) is 266 cm³/mol. The summed E-state index contributed by atoms with van der Waals surface area (Å²) >= 11 is 0. The Morgan fingerprint density at radius 1 is 0.656 bits per heavy atom. The van der Waals surface area contributed by atoms with Crippen LogP contribution < -0.4 is 0 Å². The molecule has 0 radical (unpaired) electrons. The van der Waals surface area contributed by atoms with Gasteiger partial charge in [-0.3, -0.25) is 4.99 Å². The van der Waals surface area contributed by atoms with Gasteiger partial charge in [-0.2, -0.15) is 0 Å². The Balaban J connectivity index is 0.000000568. The Labute approximate surface area is 372 Å². The van der Waals surface area contributed by atoms with Crippen molar-refractivity contribution in [2.75, 3.05) is 0 Å². The van der Waals surface area contributed by atoms with Crippen molar-refractivity contribution in [2.45, 2.75) is 25.2 Å². The molecule has 1 N–H and O–H groups in total. The van der Waals surface area contributed by atoms with Gasteiger partial charge in [-0.15, -0.1) is 0 Å². The number of aromatic nitrogens is 1. The number of furan rings is 1. The van der Waals surface area contributed by atoms with Gasteiger partial charge in [0.2, 0.25) is 0 Å². The van der Waals surface area contributed by atoms with Crippen LogP contribution in [0.1, 0.15) is 62.3 Å². The second-order valence-electron chi connectivity index (χ2n) is 17.0. The van der Waals surface area contributed by atoms with Crippen molar-refractivity contribution in [1.82, 2.24) is 4.57 Å². The van der Waals surface area contributed by atoms with Crippen LogP contribution >= 0.6 is 0 Å². The Hall–Kier alpha value is -8.08. The standard InChI is InChI=1S/C53H35N3O.C7H8/c1-55-46(32-13-3-2-4-14-32)31-45(54)39-18-12-20-43-51(39)40-29-33(34-25-27-37-36-16-6-10-24-49(36)57-50(37)30-34)26-28-41(40)53(43)42-19-7-9-23-48(42)56-47-22-8-5-15-35(47)38-17-11-21-44(53)52(38)56;1-7-5-3-2-4-6-7/h2-24,26,28-31,54H,1,25,27H2;2-6H,1H3/b46-31-,54-45?;. The lowest BCUT2D eigenvalue weighted by Gasteiger charge is -2.39. The normalized spacial score (nSPS) is 15.5. The highest BCUT2D eigenvalue weighted by Crippen LogP contribution is 2.62. The fraction of sp³-hybridized carbons (Fsp3) is 0.0667. The molecule has 1 atom stereocenters. The molecule has 13 rings (SSSR count). The highest BCUT2D eigenvalue weighted by Gasteiger charge is 2.51. The van der Waals surface area contributed by atoms with Crippen LogP contribution in [0.2, 0.25) is 0 Å². The maximum absolute atomic E-state index is 9.77. The zero-order valence-electron chi connectivity index (χ0n) is 35.5. The van der Waals surface area contributed by atoms with Crippen molar-refractivity contribution in [2.24, 2.45) is 4.99 Å². The van der Waals surface area contributed by atoms with E-state index in [1.54, 1.807) is 0 Å². The second-order valence-corrected chi connectivity index (χ2v) is 17.0. The number of fused-ring (bicyclic) bond motifs is 15. The summed E-state index contributed by atoms with van der Waals surface area (Å²) in [7, 11) is 0. The molecule has 2 aromatic heterocycles. The van der Waals surface area contributed by atoms with E-state index < -0.39 is 5.41 Å². The van der Waals surface area contributed by atoms with Gasteiger partial charge in [-0.1, -0.05) is 169 Å². The molecule has 4 heteroatoms. The van der Waals surface area contributed by atoms with Crippen LogP contribution in [0, 0.1) is 12.3 Å². The van der Waals surface area contributed by atoms with Crippen LogP contribution in [0.4, 0.5) is 0 Å². The van der Waals surface area contributed by atoms with Gasteiger partial charge in [-0.05, 0) is 107 Å². The molecule has 1 aliphatic heterocycles. The number of rotatable bonds is 5. The van der Waals surface area contributed by atoms with Gasteiger partial charge in [0.15, 0.2) is 0 Å². The number of allylic oxidation sites excluding steroid dienone is 2. The van der Waals surface area contributed by atoms with E-state index in [1.807, 2.05) is 60.7 Å². The fourth-order valence-corrected chi connectivity index (χ4v) is 10.9. The topological polar surface area (TPSA) is 54.3 Å². The number of aryl methyl sites for hydroxylation is 2. The van der Waals surface area contributed by atoms with Gasteiger partial charge >= 0.3 is 0 Å². The summed E-state index contributed by atoms with van der Waals surface area (Å²) < 4.78 is 8.89. The quantitative estimate of drug-likeness (QED) is 0.173. The van der Waals surface area contributed by atoms with E-state index in [0.717, 1.165) is 46.4 Å². The molecular weight excluding hydrogens is 779 g/mol. The van der Waals surface area contributed by atoms with Crippen molar-refractivity contribution in [3.63, 3.8) is 0 Å². The van der Waals surface area contributed by atoms with Crippen LogP contribution in [-0.4, -0.2) is 17.0 Å². The molecule has 2 aliphatic carbocycles. The summed E-state index contributed by atoms with van der Waals surface area (Å²) in [6.45, 7) is 5.99. The van der Waals surface area contributed by atoms with E-state index in [4.69, 9.17) is 4.42 Å². The summed E-state index contributed by atoms with van der Waals surface area (Å²) in [5.41, 5.74) is 19.0. The first-order chi connectivity index (χ1) is 31.5.